The third kappa shape index (κ3) is 3.03. The Morgan fingerprint density at radius 3 is 2.00 bits per heavy atom. The second kappa shape index (κ2) is 7.34. The van der Waals surface area contributed by atoms with Crippen LogP contribution in [0.25, 0.3) is 11.3 Å². The number of fused-ring (bicyclic) bond motifs is 1. The van der Waals surface area contributed by atoms with Crippen LogP contribution in [-0.2, 0) is 0 Å². The zero-order valence-electron chi connectivity index (χ0n) is 17.6. The van der Waals surface area contributed by atoms with E-state index < -0.39 is 0 Å². The maximum absolute atomic E-state index is 5.19. The van der Waals surface area contributed by atoms with E-state index in [-0.39, 0.29) is 0 Å². The topological polar surface area (TPSA) is 19.4 Å². The average Bonchev–Trinajstić information content (AvgIpc) is 3.13. The number of hydrogen-bond acceptors (Lipinski definition) is 3. The van der Waals surface area contributed by atoms with Crippen LogP contribution in [0.2, 0.25) is 0 Å². The number of pyridine rings is 1. The quantitative estimate of drug-likeness (QED) is 0.378. The van der Waals surface area contributed by atoms with E-state index in [4.69, 9.17) is 4.98 Å². The normalized spacial score (nSPS) is 12.9. The van der Waals surface area contributed by atoms with Crippen LogP contribution in [0.5, 0.6) is 0 Å². The standard InChI is InChI=1S/C27H25N3/c1-19-10-7-8-15-24(19)30-18-29(22-13-5-4-6-14-22)27-25(30)17-16-23(28-27)26-20(2)11-9-12-21(26)3/h4-17H,18H2,1-3H3. The Hall–Kier alpha value is -3.59. The molecule has 5 rings (SSSR count). The smallest absolute Gasteiger partial charge is 0.159 e. The molecule has 3 heteroatoms. The molecule has 3 aromatic carbocycles. The van der Waals surface area contributed by atoms with Crippen LogP contribution < -0.4 is 9.80 Å². The number of rotatable bonds is 3. The van der Waals surface area contributed by atoms with Crippen molar-refractivity contribution in [3.8, 4) is 11.3 Å². The van der Waals surface area contributed by atoms with Crippen LogP contribution in [0.1, 0.15) is 16.7 Å². The molecule has 0 saturated carbocycles. The molecule has 0 unspecified atom stereocenters. The SMILES string of the molecule is Cc1ccccc1N1CN(c2ccccc2)c2nc(-c3c(C)cccc3C)ccc21. The van der Waals surface area contributed by atoms with E-state index in [2.05, 4.69) is 116 Å². The van der Waals surface area contributed by atoms with Gasteiger partial charge in [-0.3, -0.25) is 0 Å². The number of hydrogen-bond donors (Lipinski definition) is 0. The van der Waals surface area contributed by atoms with Gasteiger partial charge in [-0.2, -0.15) is 0 Å². The zero-order valence-corrected chi connectivity index (χ0v) is 17.6. The first-order valence-corrected chi connectivity index (χ1v) is 10.4. The summed E-state index contributed by atoms with van der Waals surface area (Å²) in [5.41, 5.74) is 9.53. The van der Waals surface area contributed by atoms with Crippen molar-refractivity contribution in [1.29, 1.82) is 0 Å². The molecule has 0 bridgehead atoms. The van der Waals surface area contributed by atoms with Crippen LogP contribution in [0.15, 0.2) is 84.9 Å². The van der Waals surface area contributed by atoms with Crippen LogP contribution in [0.4, 0.5) is 22.9 Å². The first-order valence-electron chi connectivity index (χ1n) is 10.4. The molecule has 0 fully saturated rings. The van der Waals surface area contributed by atoms with Gasteiger partial charge in [0.05, 0.1) is 11.4 Å². The van der Waals surface area contributed by atoms with E-state index in [1.807, 2.05) is 0 Å². The molecule has 1 aromatic heterocycles. The molecule has 148 valence electrons. The van der Waals surface area contributed by atoms with Gasteiger partial charge < -0.3 is 9.80 Å². The Kier molecular flexibility index (Phi) is 4.51. The molecule has 30 heavy (non-hydrogen) atoms. The van der Waals surface area contributed by atoms with Gasteiger partial charge in [-0.1, -0.05) is 54.6 Å². The Labute approximate surface area is 178 Å². The summed E-state index contributed by atoms with van der Waals surface area (Å²) in [6, 6.07) is 29.9. The van der Waals surface area contributed by atoms with Crippen molar-refractivity contribution in [2.75, 3.05) is 16.5 Å². The lowest BCUT2D eigenvalue weighted by molar-refractivity contribution is 0.977. The lowest BCUT2D eigenvalue weighted by atomic mass is 9.99. The molecule has 0 N–H and O–H groups in total. The van der Waals surface area contributed by atoms with Crippen molar-refractivity contribution < 1.29 is 0 Å². The van der Waals surface area contributed by atoms with E-state index >= 15 is 0 Å². The number of benzene rings is 3. The molecule has 0 amide bonds. The fourth-order valence-corrected chi connectivity index (χ4v) is 4.38. The van der Waals surface area contributed by atoms with E-state index in [9.17, 15) is 0 Å². The summed E-state index contributed by atoms with van der Waals surface area (Å²) < 4.78 is 0. The largest absolute Gasteiger partial charge is 0.319 e. The van der Waals surface area contributed by atoms with Gasteiger partial charge in [-0.05, 0) is 67.8 Å². The highest BCUT2D eigenvalue weighted by atomic mass is 15.4. The van der Waals surface area contributed by atoms with E-state index in [0.717, 1.165) is 29.6 Å². The summed E-state index contributed by atoms with van der Waals surface area (Å²) in [6.45, 7) is 7.23. The van der Waals surface area contributed by atoms with Crippen molar-refractivity contribution in [2.24, 2.45) is 0 Å². The fourth-order valence-electron chi connectivity index (χ4n) is 4.38. The van der Waals surface area contributed by atoms with Crippen LogP contribution >= 0.6 is 0 Å². The van der Waals surface area contributed by atoms with Crippen molar-refractivity contribution in [1.82, 2.24) is 4.98 Å². The van der Waals surface area contributed by atoms with Crippen molar-refractivity contribution in [3.05, 3.63) is 102 Å². The summed E-state index contributed by atoms with van der Waals surface area (Å²) in [5, 5.41) is 0. The van der Waals surface area contributed by atoms with Gasteiger partial charge in [0.15, 0.2) is 5.82 Å². The molecule has 0 spiro atoms. The predicted octanol–water partition coefficient (Wildman–Crippen LogP) is 6.92. The monoisotopic (exact) mass is 391 g/mol. The second-order valence-corrected chi connectivity index (χ2v) is 7.93. The van der Waals surface area contributed by atoms with Crippen molar-refractivity contribution in [2.45, 2.75) is 20.8 Å². The third-order valence-electron chi connectivity index (χ3n) is 5.90. The van der Waals surface area contributed by atoms with Gasteiger partial charge in [0.2, 0.25) is 0 Å². The lowest BCUT2D eigenvalue weighted by Gasteiger charge is -2.22. The Bertz CT molecular complexity index is 1190. The number of nitrogens with zero attached hydrogens (tertiary/aromatic N) is 3. The van der Waals surface area contributed by atoms with Gasteiger partial charge in [-0.25, -0.2) is 4.98 Å². The molecular weight excluding hydrogens is 366 g/mol. The molecule has 2 heterocycles. The second-order valence-electron chi connectivity index (χ2n) is 7.93. The average molecular weight is 392 g/mol. The summed E-state index contributed by atoms with van der Waals surface area (Å²) in [4.78, 5) is 9.86. The minimum absolute atomic E-state index is 0.743. The van der Waals surface area contributed by atoms with E-state index in [1.165, 1.54) is 27.9 Å². The molecule has 0 atom stereocenters. The number of aryl methyl sites for hydroxylation is 3. The Morgan fingerprint density at radius 1 is 0.600 bits per heavy atom. The van der Waals surface area contributed by atoms with Gasteiger partial charge in [0, 0.05) is 16.9 Å². The summed E-state index contributed by atoms with van der Waals surface area (Å²) in [6.07, 6.45) is 0. The van der Waals surface area contributed by atoms with Crippen LogP contribution in [0.3, 0.4) is 0 Å². The van der Waals surface area contributed by atoms with Gasteiger partial charge in [-0.15, -0.1) is 0 Å². The molecule has 3 nitrogen and oxygen atoms in total. The van der Waals surface area contributed by atoms with E-state index in [1.54, 1.807) is 0 Å². The maximum atomic E-state index is 5.19. The minimum atomic E-state index is 0.743. The summed E-state index contributed by atoms with van der Waals surface area (Å²) >= 11 is 0. The lowest BCUT2D eigenvalue weighted by Crippen LogP contribution is -2.24. The predicted molar refractivity (Wildman–Crippen MR) is 126 cm³/mol. The number of aromatic nitrogens is 1. The highest BCUT2D eigenvalue weighted by Crippen LogP contribution is 2.45. The summed E-state index contributed by atoms with van der Waals surface area (Å²) in [7, 11) is 0. The Morgan fingerprint density at radius 2 is 1.27 bits per heavy atom. The third-order valence-corrected chi connectivity index (χ3v) is 5.90. The fraction of sp³-hybridized carbons (Fsp3) is 0.148. The molecule has 0 radical (unpaired) electrons. The van der Waals surface area contributed by atoms with Gasteiger partial charge >= 0.3 is 0 Å². The van der Waals surface area contributed by atoms with Crippen LogP contribution in [-0.4, -0.2) is 11.7 Å². The molecular formula is C27H25N3. The van der Waals surface area contributed by atoms with Gasteiger partial charge in [0.25, 0.3) is 0 Å². The molecule has 0 aliphatic carbocycles. The van der Waals surface area contributed by atoms with E-state index in [0.29, 0.717) is 0 Å². The zero-order chi connectivity index (χ0) is 20.7. The molecule has 1 aliphatic rings. The highest BCUT2D eigenvalue weighted by Gasteiger charge is 2.30. The highest BCUT2D eigenvalue weighted by molar-refractivity contribution is 5.87. The van der Waals surface area contributed by atoms with Crippen molar-refractivity contribution in [3.63, 3.8) is 0 Å². The molecule has 4 aromatic rings. The van der Waals surface area contributed by atoms with Crippen molar-refractivity contribution >= 4 is 22.9 Å². The van der Waals surface area contributed by atoms with Gasteiger partial charge in [0.1, 0.15) is 6.67 Å². The Balaban J connectivity index is 1.69. The number of para-hydroxylation sites is 2. The first kappa shape index (κ1) is 18.4. The molecule has 0 saturated heterocycles. The van der Waals surface area contributed by atoms with Crippen LogP contribution in [0, 0.1) is 20.8 Å². The minimum Gasteiger partial charge on any atom is -0.319 e. The summed E-state index contributed by atoms with van der Waals surface area (Å²) in [5.74, 6) is 1.00. The molecule has 1 aliphatic heterocycles. The number of anilines is 4. The first-order chi connectivity index (χ1) is 14.6. The maximum Gasteiger partial charge on any atom is 0.159 e.